The van der Waals surface area contributed by atoms with Crippen molar-refractivity contribution in [3.05, 3.63) is 131 Å². The number of aromatic nitrogens is 1. The fraction of sp³-hybridized carbons (Fsp3) is 0.219. The minimum absolute atomic E-state index is 0.00996. The molecule has 0 amide bonds. The van der Waals surface area contributed by atoms with E-state index in [4.69, 9.17) is 14.2 Å². The molecule has 4 aromatic rings. The summed E-state index contributed by atoms with van der Waals surface area (Å²) >= 11 is 1.24. The van der Waals surface area contributed by atoms with Gasteiger partial charge in [-0.3, -0.25) is 19.5 Å². The van der Waals surface area contributed by atoms with E-state index in [0.29, 0.717) is 44.3 Å². The van der Waals surface area contributed by atoms with Gasteiger partial charge in [0.1, 0.15) is 6.61 Å². The Hall–Kier alpha value is -5.03. The van der Waals surface area contributed by atoms with Crippen LogP contribution in [0.4, 0.5) is 5.69 Å². The Kier molecular flexibility index (Phi) is 8.82. The third kappa shape index (κ3) is 6.26. The number of carbonyl (C=O) groups excluding carboxylic acids is 1. The molecule has 0 radical (unpaired) electrons. The first-order chi connectivity index (χ1) is 20.8. The third-order valence-electron chi connectivity index (χ3n) is 6.74. The molecule has 0 bridgehead atoms. The molecule has 3 aromatic carbocycles. The molecule has 1 aliphatic heterocycles. The molecule has 1 aromatic heterocycles. The summed E-state index contributed by atoms with van der Waals surface area (Å²) in [6, 6.07) is 20.2. The minimum Gasteiger partial charge on any atom is -0.490 e. The molecule has 0 saturated carbocycles. The van der Waals surface area contributed by atoms with E-state index >= 15 is 0 Å². The maximum atomic E-state index is 13.8. The Balaban J connectivity index is 1.50. The maximum Gasteiger partial charge on any atom is 0.338 e. The lowest BCUT2D eigenvalue weighted by molar-refractivity contribution is -0.384. The van der Waals surface area contributed by atoms with Crippen LogP contribution in [-0.4, -0.2) is 28.7 Å². The predicted octanol–water partition coefficient (Wildman–Crippen LogP) is 4.68. The Morgan fingerprint density at radius 1 is 1.02 bits per heavy atom. The molecular formula is C32H29N3O7S. The van der Waals surface area contributed by atoms with Crippen molar-refractivity contribution in [3.63, 3.8) is 0 Å². The number of nitrogens with zero attached hydrogens (tertiary/aromatic N) is 3. The number of nitro groups is 1. The van der Waals surface area contributed by atoms with Crippen molar-refractivity contribution in [2.75, 3.05) is 13.2 Å². The number of allylic oxidation sites excluding steroid dienone is 1. The first kappa shape index (κ1) is 29.5. The van der Waals surface area contributed by atoms with Crippen LogP contribution in [0.15, 0.2) is 93.9 Å². The Morgan fingerprint density at radius 2 is 1.77 bits per heavy atom. The van der Waals surface area contributed by atoms with Gasteiger partial charge in [0, 0.05) is 12.1 Å². The van der Waals surface area contributed by atoms with Gasteiger partial charge in [-0.2, -0.15) is 0 Å². The van der Waals surface area contributed by atoms with Gasteiger partial charge in [0.15, 0.2) is 16.3 Å². The first-order valence-electron chi connectivity index (χ1n) is 13.7. The van der Waals surface area contributed by atoms with E-state index in [1.807, 2.05) is 43.3 Å². The monoisotopic (exact) mass is 599 g/mol. The van der Waals surface area contributed by atoms with Gasteiger partial charge in [0.25, 0.3) is 11.2 Å². The van der Waals surface area contributed by atoms with Crippen LogP contribution in [0.5, 0.6) is 11.5 Å². The fourth-order valence-corrected chi connectivity index (χ4v) is 5.82. The third-order valence-corrected chi connectivity index (χ3v) is 7.72. The number of benzene rings is 3. The van der Waals surface area contributed by atoms with Gasteiger partial charge >= 0.3 is 5.97 Å². The average molecular weight is 600 g/mol. The summed E-state index contributed by atoms with van der Waals surface area (Å²) in [5.74, 6) is 0.490. The molecule has 43 heavy (non-hydrogen) atoms. The lowest BCUT2D eigenvalue weighted by atomic mass is 9.96. The summed E-state index contributed by atoms with van der Waals surface area (Å²) in [7, 11) is 0. The van der Waals surface area contributed by atoms with E-state index in [0.717, 1.165) is 11.1 Å². The number of nitro benzene ring substituents is 1. The van der Waals surface area contributed by atoms with Crippen molar-refractivity contribution in [1.82, 2.24) is 4.57 Å². The number of non-ortho nitro benzene ring substituents is 1. The molecule has 0 spiro atoms. The van der Waals surface area contributed by atoms with Crippen molar-refractivity contribution < 1.29 is 23.9 Å². The molecule has 0 saturated heterocycles. The molecule has 1 atom stereocenters. The number of carbonyl (C=O) groups is 1. The highest BCUT2D eigenvalue weighted by atomic mass is 32.1. The number of ether oxygens (including phenoxy) is 3. The van der Waals surface area contributed by atoms with E-state index in [2.05, 4.69) is 4.99 Å². The second-order valence-corrected chi connectivity index (χ2v) is 10.6. The molecule has 2 heterocycles. The first-order valence-corrected chi connectivity index (χ1v) is 14.5. The number of thiazole rings is 1. The Labute approximate surface area is 251 Å². The highest BCUT2D eigenvalue weighted by Crippen LogP contribution is 2.31. The molecule has 0 aliphatic carbocycles. The Bertz CT molecular complexity index is 1880. The van der Waals surface area contributed by atoms with Crippen molar-refractivity contribution in [2.24, 2.45) is 4.99 Å². The minimum atomic E-state index is -0.673. The largest absolute Gasteiger partial charge is 0.490 e. The summed E-state index contributed by atoms with van der Waals surface area (Å²) in [6.45, 7) is 6.14. The normalized spacial score (nSPS) is 14.6. The molecule has 5 rings (SSSR count). The van der Waals surface area contributed by atoms with Crippen molar-refractivity contribution in [3.8, 4) is 11.5 Å². The highest BCUT2D eigenvalue weighted by Gasteiger charge is 2.33. The van der Waals surface area contributed by atoms with Crippen LogP contribution in [0, 0.1) is 10.1 Å². The molecule has 0 fully saturated rings. The SMILES string of the molecule is CCOC(=O)C1=C(C)N=c2sc(=Cc3ccc(OCc4ccc([N+](=O)[O-])cc4)c(OCC)c3)c(=O)n2C1c1ccccc1. The zero-order valence-electron chi connectivity index (χ0n) is 23.8. The number of hydrogen-bond donors (Lipinski definition) is 0. The summed E-state index contributed by atoms with van der Waals surface area (Å²) in [6.07, 6.45) is 1.76. The standard InChI is InChI=1S/C32H29N3O7S/c1-4-40-26-17-22(13-16-25(26)42-19-21-11-14-24(15-12-21)35(38)39)18-27-30(36)34-29(23-9-7-6-8-10-23)28(31(37)41-5-2)20(3)33-32(34)43-27/h6-18,29H,4-5,19H2,1-3H3. The van der Waals surface area contributed by atoms with Gasteiger partial charge in [-0.25, -0.2) is 9.79 Å². The molecule has 0 N–H and O–H groups in total. The van der Waals surface area contributed by atoms with Gasteiger partial charge in [0.05, 0.1) is 40.0 Å². The smallest absolute Gasteiger partial charge is 0.338 e. The van der Waals surface area contributed by atoms with E-state index < -0.39 is 16.9 Å². The number of fused-ring (bicyclic) bond motifs is 1. The predicted molar refractivity (Wildman–Crippen MR) is 162 cm³/mol. The van der Waals surface area contributed by atoms with Crippen LogP contribution >= 0.6 is 11.3 Å². The van der Waals surface area contributed by atoms with E-state index in [1.54, 1.807) is 48.8 Å². The topological polar surface area (TPSA) is 122 Å². The fourth-order valence-electron chi connectivity index (χ4n) is 4.77. The van der Waals surface area contributed by atoms with Crippen molar-refractivity contribution >= 4 is 29.1 Å². The van der Waals surface area contributed by atoms with Crippen LogP contribution < -0.4 is 24.4 Å². The summed E-state index contributed by atoms with van der Waals surface area (Å²) < 4.78 is 19.1. The summed E-state index contributed by atoms with van der Waals surface area (Å²) in [4.78, 5) is 42.4. The Morgan fingerprint density at radius 3 is 2.44 bits per heavy atom. The van der Waals surface area contributed by atoms with Crippen LogP contribution in [0.2, 0.25) is 0 Å². The zero-order valence-corrected chi connectivity index (χ0v) is 24.6. The molecule has 11 heteroatoms. The number of rotatable bonds is 10. The van der Waals surface area contributed by atoms with Gasteiger partial charge in [-0.05, 0) is 67.8 Å². The zero-order chi connectivity index (χ0) is 30.5. The summed E-state index contributed by atoms with van der Waals surface area (Å²) in [5.41, 5.74) is 2.84. The van der Waals surface area contributed by atoms with Gasteiger partial charge in [0.2, 0.25) is 0 Å². The second-order valence-electron chi connectivity index (χ2n) is 9.56. The quantitative estimate of drug-likeness (QED) is 0.147. The van der Waals surface area contributed by atoms with Crippen molar-refractivity contribution in [1.29, 1.82) is 0 Å². The summed E-state index contributed by atoms with van der Waals surface area (Å²) in [5, 5.41) is 10.9. The molecule has 10 nitrogen and oxygen atoms in total. The molecular weight excluding hydrogens is 570 g/mol. The van der Waals surface area contributed by atoms with Crippen LogP contribution in [0.1, 0.15) is 43.5 Å². The van der Waals surface area contributed by atoms with Gasteiger partial charge < -0.3 is 14.2 Å². The van der Waals surface area contributed by atoms with Crippen LogP contribution in [0.3, 0.4) is 0 Å². The lowest BCUT2D eigenvalue weighted by Crippen LogP contribution is -2.39. The van der Waals surface area contributed by atoms with E-state index in [-0.39, 0.29) is 24.5 Å². The van der Waals surface area contributed by atoms with Crippen molar-refractivity contribution in [2.45, 2.75) is 33.4 Å². The van der Waals surface area contributed by atoms with E-state index in [1.165, 1.54) is 23.5 Å². The molecule has 1 unspecified atom stereocenters. The number of esters is 1. The van der Waals surface area contributed by atoms with Gasteiger partial charge in [-0.15, -0.1) is 0 Å². The number of hydrogen-bond acceptors (Lipinski definition) is 9. The van der Waals surface area contributed by atoms with Crippen LogP contribution in [0.25, 0.3) is 6.08 Å². The van der Waals surface area contributed by atoms with Crippen LogP contribution in [-0.2, 0) is 16.1 Å². The van der Waals surface area contributed by atoms with Gasteiger partial charge in [-0.1, -0.05) is 47.7 Å². The average Bonchev–Trinajstić information content (AvgIpc) is 3.30. The highest BCUT2D eigenvalue weighted by molar-refractivity contribution is 7.07. The molecule has 220 valence electrons. The lowest BCUT2D eigenvalue weighted by Gasteiger charge is -2.24. The maximum absolute atomic E-state index is 13.8. The second kappa shape index (κ2) is 12.9. The van der Waals surface area contributed by atoms with E-state index in [9.17, 15) is 19.7 Å². The molecule has 1 aliphatic rings.